The molecule has 0 bridgehead atoms. The molecule has 5 nitrogen and oxygen atoms in total. The third kappa shape index (κ3) is 6.77. The van der Waals surface area contributed by atoms with Crippen molar-refractivity contribution in [3.05, 3.63) is 0 Å². The highest BCUT2D eigenvalue weighted by atomic mass is 16.5. The zero-order valence-corrected chi connectivity index (χ0v) is 14.6. The van der Waals surface area contributed by atoms with Gasteiger partial charge in [-0.15, -0.1) is 0 Å². The number of aliphatic hydroxyl groups is 1. The highest BCUT2D eigenvalue weighted by Crippen LogP contribution is 2.22. The normalized spacial score (nSPS) is 22.9. The topological polar surface area (TPSA) is 61.8 Å². The number of nitrogens with one attached hydrogen (secondary N) is 1. The number of carbonyl (C=O) groups excluding carboxylic acids is 1. The van der Waals surface area contributed by atoms with Gasteiger partial charge in [0.2, 0.25) is 5.91 Å². The summed E-state index contributed by atoms with van der Waals surface area (Å²) in [7, 11) is 0. The van der Waals surface area contributed by atoms with Gasteiger partial charge in [0, 0.05) is 19.6 Å². The van der Waals surface area contributed by atoms with E-state index in [9.17, 15) is 9.90 Å². The molecule has 1 unspecified atom stereocenters. The van der Waals surface area contributed by atoms with Crippen LogP contribution in [0.4, 0.5) is 0 Å². The molecule has 0 aromatic heterocycles. The maximum absolute atomic E-state index is 12.3. The van der Waals surface area contributed by atoms with E-state index in [1.54, 1.807) is 0 Å². The third-order valence-corrected chi connectivity index (χ3v) is 5.08. The van der Waals surface area contributed by atoms with E-state index in [1.165, 1.54) is 19.3 Å². The molecule has 1 amide bonds. The Morgan fingerprint density at radius 1 is 1.22 bits per heavy atom. The largest absolute Gasteiger partial charge is 0.393 e. The molecule has 134 valence electrons. The van der Waals surface area contributed by atoms with Crippen LogP contribution >= 0.6 is 0 Å². The molecule has 2 N–H and O–H groups in total. The standard InChI is InChI=1S/C18H34N2O3/c1-2-17(23-16-7-4-3-5-8-16)18(22)19-11-6-12-20-13-9-15(21)10-14-20/h15-17,21H,2-14H2,1H3,(H,19,22). The first-order valence-electron chi connectivity index (χ1n) is 9.52. The minimum atomic E-state index is -0.289. The van der Waals surface area contributed by atoms with Crippen molar-refractivity contribution in [2.45, 2.75) is 83.0 Å². The number of aliphatic hydroxyl groups excluding tert-OH is 1. The number of likely N-dealkylation sites (tertiary alicyclic amines) is 1. The Bertz CT molecular complexity index is 337. The van der Waals surface area contributed by atoms with Gasteiger partial charge >= 0.3 is 0 Å². The highest BCUT2D eigenvalue weighted by molar-refractivity contribution is 5.80. The van der Waals surface area contributed by atoms with E-state index in [4.69, 9.17) is 4.74 Å². The molecule has 0 spiro atoms. The molecule has 1 heterocycles. The molecule has 0 aromatic carbocycles. The summed E-state index contributed by atoms with van der Waals surface area (Å²) >= 11 is 0. The van der Waals surface area contributed by atoms with Crippen molar-refractivity contribution < 1.29 is 14.6 Å². The van der Waals surface area contributed by atoms with Gasteiger partial charge in [0.15, 0.2) is 0 Å². The van der Waals surface area contributed by atoms with Gasteiger partial charge in [0.1, 0.15) is 6.10 Å². The molecule has 2 aliphatic rings. The average molecular weight is 326 g/mol. The molecule has 2 fully saturated rings. The van der Waals surface area contributed by atoms with Gasteiger partial charge in [-0.3, -0.25) is 4.79 Å². The van der Waals surface area contributed by atoms with Gasteiger partial charge in [-0.2, -0.15) is 0 Å². The van der Waals surface area contributed by atoms with Gasteiger partial charge in [-0.05, 0) is 45.1 Å². The maximum Gasteiger partial charge on any atom is 0.249 e. The van der Waals surface area contributed by atoms with Crippen LogP contribution in [0.2, 0.25) is 0 Å². The molecule has 2 rings (SSSR count). The molecule has 5 heteroatoms. The SMILES string of the molecule is CCC(OC1CCCCC1)C(=O)NCCCN1CCC(O)CC1. The number of hydrogen-bond donors (Lipinski definition) is 2. The quantitative estimate of drug-likeness (QED) is 0.671. The molecular weight excluding hydrogens is 292 g/mol. The molecular formula is C18H34N2O3. The first-order valence-corrected chi connectivity index (χ1v) is 9.52. The van der Waals surface area contributed by atoms with Crippen LogP contribution in [0.15, 0.2) is 0 Å². The Labute approximate surface area is 140 Å². The zero-order chi connectivity index (χ0) is 16.5. The first-order chi connectivity index (χ1) is 11.2. The van der Waals surface area contributed by atoms with E-state index in [1.807, 2.05) is 6.92 Å². The Kier molecular flexibility index (Phi) is 8.34. The summed E-state index contributed by atoms with van der Waals surface area (Å²) in [6.07, 6.45) is 9.29. The number of ether oxygens (including phenoxy) is 1. The van der Waals surface area contributed by atoms with Crippen molar-refractivity contribution in [2.24, 2.45) is 0 Å². The number of carbonyl (C=O) groups is 1. The summed E-state index contributed by atoms with van der Waals surface area (Å²) < 4.78 is 6.01. The molecule has 1 saturated heterocycles. The Morgan fingerprint density at radius 2 is 1.91 bits per heavy atom. The Balaban J connectivity index is 1.58. The summed E-state index contributed by atoms with van der Waals surface area (Å²) in [5.74, 6) is 0.0483. The van der Waals surface area contributed by atoms with Crippen LogP contribution < -0.4 is 5.32 Å². The molecule has 23 heavy (non-hydrogen) atoms. The predicted molar refractivity (Wildman–Crippen MR) is 91.3 cm³/mol. The second-order valence-electron chi connectivity index (χ2n) is 7.01. The van der Waals surface area contributed by atoms with Crippen molar-refractivity contribution in [3.8, 4) is 0 Å². The van der Waals surface area contributed by atoms with Gasteiger partial charge in [0.05, 0.1) is 12.2 Å². The smallest absolute Gasteiger partial charge is 0.249 e. The van der Waals surface area contributed by atoms with Crippen LogP contribution in [0.1, 0.15) is 64.7 Å². The lowest BCUT2D eigenvalue weighted by Gasteiger charge is -2.29. The van der Waals surface area contributed by atoms with Gasteiger partial charge in [0.25, 0.3) is 0 Å². The Hall–Kier alpha value is -0.650. The van der Waals surface area contributed by atoms with Gasteiger partial charge in [-0.25, -0.2) is 0 Å². The zero-order valence-electron chi connectivity index (χ0n) is 14.6. The molecule has 0 aromatic rings. The van der Waals surface area contributed by atoms with Crippen molar-refractivity contribution in [1.82, 2.24) is 10.2 Å². The Morgan fingerprint density at radius 3 is 2.57 bits per heavy atom. The van der Waals surface area contributed by atoms with Crippen molar-refractivity contribution in [2.75, 3.05) is 26.2 Å². The van der Waals surface area contributed by atoms with Crippen LogP contribution in [0, 0.1) is 0 Å². The lowest BCUT2D eigenvalue weighted by atomic mass is 9.97. The highest BCUT2D eigenvalue weighted by Gasteiger charge is 2.23. The van der Waals surface area contributed by atoms with E-state index in [2.05, 4.69) is 10.2 Å². The lowest BCUT2D eigenvalue weighted by Crippen LogP contribution is -2.41. The summed E-state index contributed by atoms with van der Waals surface area (Å²) in [6, 6.07) is 0. The number of piperidine rings is 1. The number of amides is 1. The summed E-state index contributed by atoms with van der Waals surface area (Å²) in [6.45, 7) is 5.66. The molecule has 1 atom stereocenters. The average Bonchev–Trinajstić information content (AvgIpc) is 2.59. The molecule has 1 saturated carbocycles. The predicted octanol–water partition coefficient (Wildman–Crippen LogP) is 2.08. The lowest BCUT2D eigenvalue weighted by molar-refractivity contribution is -0.138. The van der Waals surface area contributed by atoms with Crippen molar-refractivity contribution >= 4 is 5.91 Å². The van der Waals surface area contributed by atoms with Crippen LogP contribution in [-0.4, -0.2) is 60.4 Å². The van der Waals surface area contributed by atoms with E-state index < -0.39 is 0 Å². The van der Waals surface area contributed by atoms with E-state index in [0.29, 0.717) is 6.54 Å². The number of rotatable bonds is 8. The van der Waals surface area contributed by atoms with E-state index >= 15 is 0 Å². The van der Waals surface area contributed by atoms with Crippen LogP contribution in [0.3, 0.4) is 0 Å². The first kappa shape index (κ1) is 18.7. The summed E-state index contributed by atoms with van der Waals surface area (Å²) in [4.78, 5) is 14.6. The molecule has 0 radical (unpaired) electrons. The minimum absolute atomic E-state index is 0.0483. The maximum atomic E-state index is 12.3. The molecule has 1 aliphatic heterocycles. The van der Waals surface area contributed by atoms with E-state index in [-0.39, 0.29) is 24.2 Å². The summed E-state index contributed by atoms with van der Waals surface area (Å²) in [5, 5.41) is 12.5. The van der Waals surface area contributed by atoms with Crippen LogP contribution in [0.25, 0.3) is 0 Å². The second-order valence-corrected chi connectivity index (χ2v) is 7.01. The number of nitrogens with zero attached hydrogens (tertiary/aromatic N) is 1. The molecule has 1 aliphatic carbocycles. The van der Waals surface area contributed by atoms with Crippen molar-refractivity contribution in [1.29, 1.82) is 0 Å². The fraction of sp³-hybridized carbons (Fsp3) is 0.944. The second kappa shape index (κ2) is 10.3. The number of hydrogen-bond acceptors (Lipinski definition) is 4. The van der Waals surface area contributed by atoms with Crippen LogP contribution in [-0.2, 0) is 9.53 Å². The van der Waals surface area contributed by atoms with Crippen molar-refractivity contribution in [3.63, 3.8) is 0 Å². The summed E-state index contributed by atoms with van der Waals surface area (Å²) in [5.41, 5.74) is 0. The fourth-order valence-corrected chi connectivity index (χ4v) is 3.55. The fourth-order valence-electron chi connectivity index (χ4n) is 3.55. The van der Waals surface area contributed by atoms with Gasteiger partial charge in [-0.1, -0.05) is 26.2 Å². The minimum Gasteiger partial charge on any atom is -0.393 e. The van der Waals surface area contributed by atoms with Crippen LogP contribution in [0.5, 0.6) is 0 Å². The monoisotopic (exact) mass is 326 g/mol. The van der Waals surface area contributed by atoms with E-state index in [0.717, 1.165) is 58.2 Å². The van der Waals surface area contributed by atoms with Gasteiger partial charge < -0.3 is 20.1 Å². The third-order valence-electron chi connectivity index (χ3n) is 5.08.